The zero-order valence-corrected chi connectivity index (χ0v) is 23.3. The number of benzene rings is 4. The van der Waals surface area contributed by atoms with E-state index in [1.54, 1.807) is 0 Å². The van der Waals surface area contributed by atoms with Crippen molar-refractivity contribution in [3.63, 3.8) is 0 Å². The molecule has 0 amide bonds. The Kier molecular flexibility index (Phi) is 8.83. The molecule has 0 aromatic heterocycles. The van der Waals surface area contributed by atoms with Crippen molar-refractivity contribution in [1.82, 2.24) is 0 Å². The normalized spacial score (nSPS) is 26.6. The summed E-state index contributed by atoms with van der Waals surface area (Å²) < 4.78 is 34.2. The Morgan fingerprint density at radius 1 is 0.615 bits per heavy atom. The molecule has 0 bridgehead atoms. The van der Waals surface area contributed by atoms with Crippen LogP contribution in [0, 0.1) is 0 Å². The van der Waals surface area contributed by atoms with E-state index in [1.165, 1.54) is 4.46 Å². The molecule has 5 nitrogen and oxygen atoms in total. The molecule has 2 saturated heterocycles. The fourth-order valence-electron chi connectivity index (χ4n) is 4.95. The van der Waals surface area contributed by atoms with Crippen LogP contribution in [0.1, 0.15) is 23.0 Å². The van der Waals surface area contributed by atoms with Crippen LogP contribution in [0.4, 0.5) is 0 Å². The van der Waals surface area contributed by atoms with Gasteiger partial charge in [0.2, 0.25) is 0 Å². The van der Waals surface area contributed by atoms with E-state index in [9.17, 15) is 0 Å². The molecular weight excluding hydrogens is 555 g/mol. The first-order valence-electron chi connectivity index (χ1n) is 13.3. The molecule has 200 valence electrons. The van der Waals surface area contributed by atoms with E-state index >= 15 is 0 Å². The Balaban J connectivity index is 1.30. The quantitative estimate of drug-likeness (QED) is 0.257. The first kappa shape index (κ1) is 26.4. The molecule has 0 N–H and O–H groups in total. The number of fused-ring (bicyclic) bond motifs is 1. The fourth-order valence-corrected chi connectivity index (χ4v) is 7.36. The van der Waals surface area contributed by atoms with Crippen LogP contribution < -0.4 is 4.46 Å². The first-order valence-corrected chi connectivity index (χ1v) is 15.2. The Bertz CT molecular complexity index is 1270. The van der Waals surface area contributed by atoms with Gasteiger partial charge in [0.15, 0.2) is 0 Å². The van der Waals surface area contributed by atoms with Crippen molar-refractivity contribution in [3.05, 3.63) is 138 Å². The molecule has 0 aliphatic carbocycles. The summed E-state index contributed by atoms with van der Waals surface area (Å²) in [7, 11) is 0. The Labute approximate surface area is 236 Å². The monoisotopic (exact) mass is 588 g/mol. The van der Waals surface area contributed by atoms with Crippen molar-refractivity contribution in [2.45, 2.75) is 48.9 Å². The van der Waals surface area contributed by atoms with Crippen molar-refractivity contribution >= 4 is 19.4 Å². The van der Waals surface area contributed by atoms with Gasteiger partial charge in [-0.05, 0) is 0 Å². The van der Waals surface area contributed by atoms with E-state index < -0.39 is 6.29 Å². The molecule has 0 radical (unpaired) electrons. The molecule has 6 heteroatoms. The van der Waals surface area contributed by atoms with Crippen LogP contribution in [-0.4, -0.2) is 51.0 Å². The first-order chi connectivity index (χ1) is 19.3. The fraction of sp³-hybridized carbons (Fsp3) is 0.273. The van der Waals surface area contributed by atoms with Crippen LogP contribution >= 0.6 is 0 Å². The van der Waals surface area contributed by atoms with Gasteiger partial charge >= 0.3 is 237 Å². The van der Waals surface area contributed by atoms with Gasteiger partial charge in [0.1, 0.15) is 0 Å². The van der Waals surface area contributed by atoms with Crippen LogP contribution in [0.5, 0.6) is 0 Å². The minimum atomic E-state index is -0.482. The molecule has 6 atom stereocenters. The summed E-state index contributed by atoms with van der Waals surface area (Å²) in [5.41, 5.74) is 3.21. The summed E-state index contributed by atoms with van der Waals surface area (Å²) >= 11 is -0.00177. The number of ether oxygens (including phenoxy) is 5. The van der Waals surface area contributed by atoms with Gasteiger partial charge in [0, 0.05) is 0 Å². The molecule has 4 aromatic rings. The van der Waals surface area contributed by atoms with Crippen LogP contribution in [-0.2, 0) is 36.9 Å². The van der Waals surface area contributed by atoms with Crippen molar-refractivity contribution in [3.8, 4) is 0 Å². The van der Waals surface area contributed by atoms with Crippen molar-refractivity contribution in [1.29, 1.82) is 0 Å². The molecular formula is C33H32O5Se. The standard InChI is InChI=1S/C33H32O5Se/c1-5-13-24(14-6-1)21-34-30-29-28(23-36-32(38-29)26-17-9-3-10-18-26)37-33(39-27-19-11-4-12-20-27)31(30)35-22-25-15-7-2-8-16-25/h1-20,28-33H,21-23H2/t28?,29-,30-,31?,32?,33+/m1/s1. The third-order valence-corrected chi connectivity index (χ3v) is 9.35. The SMILES string of the molecule is c1ccc(COC2[C@H]([Se]c3ccccc3)OC3COC(c4ccccc4)O[C@H]3[C@H]2OCc2ccccc2)cc1. The number of hydrogen-bond acceptors (Lipinski definition) is 5. The minimum absolute atomic E-state index is 0.00177. The molecule has 6 rings (SSSR count). The molecule has 0 spiro atoms. The van der Waals surface area contributed by atoms with Gasteiger partial charge < -0.3 is 0 Å². The molecule has 0 saturated carbocycles. The second-order valence-corrected chi connectivity index (χ2v) is 12.1. The third-order valence-electron chi connectivity index (χ3n) is 6.92. The Morgan fingerprint density at radius 3 is 1.77 bits per heavy atom. The molecule has 2 fully saturated rings. The van der Waals surface area contributed by atoms with E-state index in [2.05, 4.69) is 48.5 Å². The van der Waals surface area contributed by atoms with Crippen LogP contribution in [0.15, 0.2) is 121 Å². The van der Waals surface area contributed by atoms with E-state index in [4.69, 9.17) is 23.7 Å². The van der Waals surface area contributed by atoms with Gasteiger partial charge in [-0.2, -0.15) is 0 Å². The number of hydrogen-bond donors (Lipinski definition) is 0. The van der Waals surface area contributed by atoms with Crippen LogP contribution in [0.2, 0.25) is 0 Å². The summed E-state index contributed by atoms with van der Waals surface area (Å²) in [6.07, 6.45) is -1.72. The second kappa shape index (κ2) is 13.0. The Morgan fingerprint density at radius 2 is 1.15 bits per heavy atom. The van der Waals surface area contributed by atoms with E-state index in [0.29, 0.717) is 19.8 Å². The molecule has 4 aromatic carbocycles. The zero-order valence-electron chi connectivity index (χ0n) is 21.6. The van der Waals surface area contributed by atoms with Crippen molar-refractivity contribution < 1.29 is 23.7 Å². The van der Waals surface area contributed by atoms with Crippen LogP contribution in [0.25, 0.3) is 0 Å². The average molecular weight is 588 g/mol. The summed E-state index contributed by atoms with van der Waals surface area (Å²) in [5, 5.41) is -0.161. The number of rotatable bonds is 9. The average Bonchev–Trinajstić information content (AvgIpc) is 3.01. The van der Waals surface area contributed by atoms with Gasteiger partial charge in [0.25, 0.3) is 0 Å². The van der Waals surface area contributed by atoms with Crippen LogP contribution in [0.3, 0.4) is 0 Å². The maximum atomic E-state index is 6.73. The summed E-state index contributed by atoms with van der Waals surface area (Å²) in [5.74, 6) is 0. The third kappa shape index (κ3) is 6.68. The molecule has 2 aliphatic rings. The molecule has 39 heavy (non-hydrogen) atoms. The second-order valence-electron chi connectivity index (χ2n) is 9.67. The predicted molar refractivity (Wildman–Crippen MR) is 151 cm³/mol. The molecule has 3 unspecified atom stereocenters. The van der Waals surface area contributed by atoms with Gasteiger partial charge in [-0.3, -0.25) is 0 Å². The zero-order chi connectivity index (χ0) is 26.3. The Hall–Kier alpha value is -2.80. The van der Waals surface area contributed by atoms with Gasteiger partial charge in [-0.1, -0.05) is 0 Å². The summed E-state index contributed by atoms with van der Waals surface area (Å²) in [6, 6.07) is 41.1. The van der Waals surface area contributed by atoms with Gasteiger partial charge in [-0.15, -0.1) is 0 Å². The van der Waals surface area contributed by atoms with E-state index in [0.717, 1.165) is 16.7 Å². The topological polar surface area (TPSA) is 46.2 Å². The van der Waals surface area contributed by atoms with E-state index in [1.807, 2.05) is 72.8 Å². The van der Waals surface area contributed by atoms with Gasteiger partial charge in [-0.25, -0.2) is 0 Å². The summed E-state index contributed by atoms with van der Waals surface area (Å²) in [4.78, 5) is 0. The van der Waals surface area contributed by atoms with Gasteiger partial charge in [0.05, 0.1) is 0 Å². The molecule has 2 heterocycles. The molecule has 2 aliphatic heterocycles. The van der Waals surface area contributed by atoms with Crippen molar-refractivity contribution in [2.75, 3.05) is 6.61 Å². The summed E-state index contributed by atoms with van der Waals surface area (Å²) in [6.45, 7) is 1.37. The predicted octanol–water partition coefficient (Wildman–Crippen LogP) is 5.03. The van der Waals surface area contributed by atoms with E-state index in [-0.39, 0.29) is 44.4 Å². The maximum absolute atomic E-state index is 6.73. The van der Waals surface area contributed by atoms with Crippen molar-refractivity contribution in [2.24, 2.45) is 0 Å².